The Kier molecular flexibility index (Phi) is 5.06. The predicted molar refractivity (Wildman–Crippen MR) is 102 cm³/mol. The second-order valence-electron chi connectivity index (χ2n) is 5.08. The molecule has 0 N–H and O–H groups in total. The van der Waals surface area contributed by atoms with Crippen LogP contribution in [-0.4, -0.2) is 24.4 Å². The fraction of sp³-hybridized carbons (Fsp3) is 0.111. The smallest absolute Gasteiger partial charge is 0.270 e. The third-order valence-electron chi connectivity index (χ3n) is 3.61. The van der Waals surface area contributed by atoms with E-state index in [4.69, 9.17) is 21.7 Å². The van der Waals surface area contributed by atoms with E-state index in [0.717, 1.165) is 11.8 Å². The number of halogens is 1. The normalized spacial score (nSPS) is 15.8. The van der Waals surface area contributed by atoms with Crippen molar-refractivity contribution < 1.29 is 18.7 Å². The zero-order chi connectivity index (χ0) is 18.0. The van der Waals surface area contributed by atoms with Gasteiger partial charge in [0.15, 0.2) is 4.32 Å². The maximum Gasteiger partial charge on any atom is 0.270 e. The van der Waals surface area contributed by atoms with Gasteiger partial charge in [0.25, 0.3) is 5.91 Å². The lowest BCUT2D eigenvalue weighted by atomic mass is 10.1. The van der Waals surface area contributed by atoms with Gasteiger partial charge in [0.1, 0.15) is 17.3 Å². The summed E-state index contributed by atoms with van der Waals surface area (Å²) in [6.45, 7) is 0. The maximum absolute atomic E-state index is 14.0. The number of nitrogens with zero attached hydrogens (tertiary/aromatic N) is 1. The number of methoxy groups -OCH3 is 2. The molecule has 25 heavy (non-hydrogen) atoms. The van der Waals surface area contributed by atoms with E-state index in [1.165, 1.54) is 24.1 Å². The molecule has 0 unspecified atom stereocenters. The summed E-state index contributed by atoms with van der Waals surface area (Å²) in [6, 6.07) is 11.3. The monoisotopic (exact) mass is 375 g/mol. The first-order valence-electron chi connectivity index (χ1n) is 7.29. The van der Waals surface area contributed by atoms with Crippen molar-refractivity contribution in [1.82, 2.24) is 0 Å². The lowest BCUT2D eigenvalue weighted by Gasteiger charge is -2.14. The highest BCUT2D eigenvalue weighted by atomic mass is 32.2. The van der Waals surface area contributed by atoms with Crippen molar-refractivity contribution in [2.75, 3.05) is 19.1 Å². The van der Waals surface area contributed by atoms with Crippen molar-refractivity contribution >= 4 is 46.0 Å². The number of carbonyl (C=O) groups excluding carboxylic acids is 1. The molecule has 0 aromatic heterocycles. The van der Waals surface area contributed by atoms with Gasteiger partial charge in [0.05, 0.1) is 24.8 Å². The van der Waals surface area contributed by atoms with Gasteiger partial charge in [-0.1, -0.05) is 36.1 Å². The number of anilines is 1. The predicted octanol–water partition coefficient (Wildman–Crippen LogP) is 4.25. The molecule has 1 fully saturated rings. The van der Waals surface area contributed by atoms with Crippen molar-refractivity contribution in [2.24, 2.45) is 0 Å². The molecule has 1 aliphatic rings. The fourth-order valence-corrected chi connectivity index (χ4v) is 3.66. The van der Waals surface area contributed by atoms with Gasteiger partial charge in [-0.3, -0.25) is 9.69 Å². The third-order valence-corrected chi connectivity index (χ3v) is 4.92. The fourth-order valence-electron chi connectivity index (χ4n) is 2.39. The highest BCUT2D eigenvalue weighted by Crippen LogP contribution is 2.38. The lowest BCUT2D eigenvalue weighted by Crippen LogP contribution is -2.28. The second-order valence-corrected chi connectivity index (χ2v) is 6.75. The molecule has 7 heteroatoms. The number of thioether (sulfide) groups is 1. The Morgan fingerprint density at radius 2 is 1.92 bits per heavy atom. The van der Waals surface area contributed by atoms with Crippen LogP contribution < -0.4 is 14.4 Å². The lowest BCUT2D eigenvalue weighted by molar-refractivity contribution is -0.113. The van der Waals surface area contributed by atoms with E-state index in [9.17, 15) is 9.18 Å². The van der Waals surface area contributed by atoms with Gasteiger partial charge in [-0.15, -0.1) is 0 Å². The highest BCUT2D eigenvalue weighted by Gasteiger charge is 2.34. The zero-order valence-corrected chi connectivity index (χ0v) is 15.1. The number of thiocarbonyl (C=S) groups is 1. The summed E-state index contributed by atoms with van der Waals surface area (Å²) in [5.41, 5.74) is 0.854. The minimum Gasteiger partial charge on any atom is -0.497 e. The van der Waals surface area contributed by atoms with Crippen LogP contribution in [0.2, 0.25) is 0 Å². The molecule has 0 bridgehead atoms. The Morgan fingerprint density at radius 3 is 2.60 bits per heavy atom. The van der Waals surface area contributed by atoms with Gasteiger partial charge in [-0.25, -0.2) is 4.39 Å². The number of rotatable bonds is 4. The van der Waals surface area contributed by atoms with E-state index >= 15 is 0 Å². The molecule has 128 valence electrons. The summed E-state index contributed by atoms with van der Waals surface area (Å²) in [6.07, 6.45) is 1.68. The Bertz CT molecular complexity index is 882. The second kappa shape index (κ2) is 7.25. The summed E-state index contributed by atoms with van der Waals surface area (Å²) in [4.78, 5) is 14.3. The number of hydrogen-bond donors (Lipinski definition) is 0. The van der Waals surface area contributed by atoms with E-state index in [1.807, 2.05) is 0 Å². The molecule has 2 aromatic rings. The van der Waals surface area contributed by atoms with Crippen LogP contribution in [0.25, 0.3) is 6.08 Å². The molecular weight excluding hydrogens is 361 g/mol. The van der Waals surface area contributed by atoms with Crippen LogP contribution in [0.4, 0.5) is 10.1 Å². The first-order valence-corrected chi connectivity index (χ1v) is 8.52. The van der Waals surface area contributed by atoms with Crippen LogP contribution in [0.1, 0.15) is 5.56 Å². The first-order chi connectivity index (χ1) is 12.0. The topological polar surface area (TPSA) is 38.8 Å². The average molecular weight is 375 g/mol. The Hall–Kier alpha value is -2.38. The maximum atomic E-state index is 14.0. The van der Waals surface area contributed by atoms with Crippen molar-refractivity contribution in [1.29, 1.82) is 0 Å². The summed E-state index contributed by atoms with van der Waals surface area (Å²) in [7, 11) is 3.10. The summed E-state index contributed by atoms with van der Waals surface area (Å²) in [5.74, 6) is 0.350. The van der Waals surface area contributed by atoms with Crippen molar-refractivity contribution in [2.45, 2.75) is 0 Å². The average Bonchev–Trinajstić information content (AvgIpc) is 2.89. The van der Waals surface area contributed by atoms with Crippen LogP contribution in [-0.2, 0) is 4.79 Å². The molecule has 4 nitrogen and oxygen atoms in total. The van der Waals surface area contributed by atoms with Gasteiger partial charge in [0.2, 0.25) is 0 Å². The molecule has 0 atom stereocenters. The minimum atomic E-state index is -0.498. The Labute approximate surface area is 154 Å². The summed E-state index contributed by atoms with van der Waals surface area (Å²) < 4.78 is 24.8. The summed E-state index contributed by atoms with van der Waals surface area (Å²) >= 11 is 6.39. The van der Waals surface area contributed by atoms with Gasteiger partial charge in [-0.2, -0.15) is 0 Å². The Morgan fingerprint density at radius 1 is 1.16 bits per heavy atom. The van der Waals surface area contributed by atoms with Crippen molar-refractivity contribution in [3.63, 3.8) is 0 Å². The van der Waals surface area contributed by atoms with E-state index in [2.05, 4.69) is 0 Å². The molecule has 1 amide bonds. The highest BCUT2D eigenvalue weighted by molar-refractivity contribution is 8.27. The van der Waals surface area contributed by atoms with Crippen molar-refractivity contribution in [3.05, 3.63) is 58.8 Å². The number of amides is 1. The van der Waals surface area contributed by atoms with Crippen molar-refractivity contribution in [3.8, 4) is 11.5 Å². The standard InChI is InChI=1S/C18H14FNO3S2/c1-22-12-8-7-11(15(10-12)23-2)9-16-17(21)20(18(24)25-16)14-6-4-3-5-13(14)19/h3-10H,1-2H3/b16-9+. The van der Waals surface area contributed by atoms with Gasteiger partial charge >= 0.3 is 0 Å². The molecule has 1 saturated heterocycles. The number of para-hydroxylation sites is 1. The van der Waals surface area contributed by atoms with E-state index in [1.54, 1.807) is 43.5 Å². The number of hydrogen-bond acceptors (Lipinski definition) is 5. The quantitative estimate of drug-likeness (QED) is 0.590. The SMILES string of the molecule is COc1ccc(/C=C2/SC(=S)N(c3ccccc3F)C2=O)c(OC)c1. The van der Waals surface area contributed by atoms with Gasteiger partial charge in [-0.05, 0) is 30.3 Å². The summed E-state index contributed by atoms with van der Waals surface area (Å²) in [5, 5.41) is 0. The largest absolute Gasteiger partial charge is 0.497 e. The number of carbonyl (C=O) groups is 1. The molecule has 0 spiro atoms. The van der Waals surface area contributed by atoms with Crippen LogP contribution in [0.5, 0.6) is 11.5 Å². The molecular formula is C18H14FNO3S2. The van der Waals surface area contributed by atoms with Crippen LogP contribution in [0.3, 0.4) is 0 Å². The molecule has 0 aliphatic carbocycles. The van der Waals surface area contributed by atoms with E-state index in [0.29, 0.717) is 22.0 Å². The first kappa shape index (κ1) is 17.4. The number of benzene rings is 2. The molecule has 2 aromatic carbocycles. The van der Waals surface area contributed by atoms with Crippen LogP contribution in [0.15, 0.2) is 47.4 Å². The van der Waals surface area contributed by atoms with Gasteiger partial charge in [0, 0.05) is 11.6 Å². The molecule has 1 heterocycles. The number of ether oxygens (including phenoxy) is 2. The molecule has 0 radical (unpaired) electrons. The van der Waals surface area contributed by atoms with Gasteiger partial charge < -0.3 is 9.47 Å². The third kappa shape index (κ3) is 3.38. The van der Waals surface area contributed by atoms with Crippen LogP contribution in [0, 0.1) is 5.82 Å². The molecule has 0 saturated carbocycles. The molecule has 1 aliphatic heterocycles. The minimum absolute atomic E-state index is 0.148. The zero-order valence-electron chi connectivity index (χ0n) is 13.5. The Balaban J connectivity index is 1.97. The van der Waals surface area contributed by atoms with E-state index < -0.39 is 5.82 Å². The molecule has 3 rings (SSSR count). The van der Waals surface area contributed by atoms with E-state index in [-0.39, 0.29) is 15.9 Å². The van der Waals surface area contributed by atoms with Crippen LogP contribution >= 0.6 is 24.0 Å².